The standard InChI is InChI=1S/C10H14FNO3S/c1-8(7-13)12(2)16(14,15)10-6-4-3-5-9(10)11/h3-6,8,13H,7H2,1-2H3. The Morgan fingerprint density at radius 2 is 2.00 bits per heavy atom. The number of rotatable bonds is 4. The van der Waals surface area contributed by atoms with Crippen molar-refractivity contribution in [2.45, 2.75) is 17.9 Å². The number of nitrogens with zero attached hydrogens (tertiary/aromatic N) is 1. The molecule has 0 saturated carbocycles. The van der Waals surface area contributed by atoms with Crippen LogP contribution >= 0.6 is 0 Å². The topological polar surface area (TPSA) is 57.6 Å². The Bertz CT molecular complexity index is 461. The van der Waals surface area contributed by atoms with Gasteiger partial charge in [0.25, 0.3) is 0 Å². The Morgan fingerprint density at radius 3 is 2.50 bits per heavy atom. The lowest BCUT2D eigenvalue weighted by Crippen LogP contribution is -2.37. The largest absolute Gasteiger partial charge is 0.395 e. The molecule has 0 fully saturated rings. The van der Waals surface area contributed by atoms with Crippen LogP contribution in [0.15, 0.2) is 29.2 Å². The lowest BCUT2D eigenvalue weighted by atomic mass is 10.3. The first-order valence-corrected chi connectivity index (χ1v) is 6.18. The fraction of sp³-hybridized carbons (Fsp3) is 0.400. The van der Waals surface area contributed by atoms with E-state index in [0.717, 1.165) is 10.4 Å². The Labute approximate surface area is 94.4 Å². The van der Waals surface area contributed by atoms with Crippen molar-refractivity contribution in [3.63, 3.8) is 0 Å². The van der Waals surface area contributed by atoms with E-state index in [1.54, 1.807) is 6.92 Å². The van der Waals surface area contributed by atoms with E-state index in [0.29, 0.717) is 0 Å². The number of halogens is 1. The maximum absolute atomic E-state index is 13.3. The number of aliphatic hydroxyl groups is 1. The fourth-order valence-corrected chi connectivity index (χ4v) is 2.58. The van der Waals surface area contributed by atoms with Crippen LogP contribution in [-0.4, -0.2) is 37.5 Å². The van der Waals surface area contributed by atoms with Crippen molar-refractivity contribution < 1.29 is 17.9 Å². The molecule has 1 rings (SSSR count). The predicted molar refractivity (Wildman–Crippen MR) is 57.9 cm³/mol. The van der Waals surface area contributed by atoms with E-state index >= 15 is 0 Å². The van der Waals surface area contributed by atoms with Gasteiger partial charge in [-0.25, -0.2) is 12.8 Å². The number of aliphatic hydroxyl groups excluding tert-OH is 1. The minimum Gasteiger partial charge on any atom is -0.395 e. The van der Waals surface area contributed by atoms with Crippen molar-refractivity contribution in [3.8, 4) is 0 Å². The second-order valence-electron chi connectivity index (χ2n) is 3.48. The van der Waals surface area contributed by atoms with Crippen molar-refractivity contribution in [1.29, 1.82) is 0 Å². The normalized spacial score (nSPS) is 14.1. The molecule has 6 heteroatoms. The summed E-state index contributed by atoms with van der Waals surface area (Å²) in [7, 11) is -2.57. The van der Waals surface area contributed by atoms with Crippen LogP contribution < -0.4 is 0 Å². The quantitative estimate of drug-likeness (QED) is 0.857. The zero-order valence-electron chi connectivity index (χ0n) is 9.09. The maximum Gasteiger partial charge on any atom is 0.246 e. The van der Waals surface area contributed by atoms with Crippen molar-refractivity contribution in [3.05, 3.63) is 30.1 Å². The van der Waals surface area contributed by atoms with E-state index in [1.165, 1.54) is 25.2 Å². The van der Waals surface area contributed by atoms with Gasteiger partial charge >= 0.3 is 0 Å². The Kier molecular flexibility index (Phi) is 4.01. The molecule has 0 radical (unpaired) electrons. The zero-order chi connectivity index (χ0) is 12.3. The monoisotopic (exact) mass is 247 g/mol. The van der Waals surface area contributed by atoms with E-state index in [9.17, 15) is 12.8 Å². The summed E-state index contributed by atoms with van der Waals surface area (Å²) in [5, 5.41) is 8.88. The molecule has 0 amide bonds. The Balaban J connectivity index is 3.17. The van der Waals surface area contributed by atoms with Crippen LogP contribution in [0, 0.1) is 5.82 Å². The summed E-state index contributed by atoms with van der Waals surface area (Å²) in [4.78, 5) is -0.377. The number of sulfonamides is 1. The van der Waals surface area contributed by atoms with Crippen LogP contribution in [0.1, 0.15) is 6.92 Å². The molecule has 16 heavy (non-hydrogen) atoms. The molecule has 0 aliphatic rings. The smallest absolute Gasteiger partial charge is 0.246 e. The third kappa shape index (κ3) is 2.40. The predicted octanol–water partition coefficient (Wildman–Crippen LogP) is 0.827. The van der Waals surface area contributed by atoms with Crippen molar-refractivity contribution in [2.24, 2.45) is 0 Å². The van der Waals surface area contributed by atoms with Gasteiger partial charge in [-0.05, 0) is 19.1 Å². The van der Waals surface area contributed by atoms with E-state index in [-0.39, 0.29) is 11.5 Å². The van der Waals surface area contributed by atoms with Gasteiger partial charge in [0.15, 0.2) is 0 Å². The van der Waals surface area contributed by atoms with Gasteiger partial charge < -0.3 is 5.11 Å². The highest BCUT2D eigenvalue weighted by atomic mass is 32.2. The Hall–Kier alpha value is -0.980. The first kappa shape index (κ1) is 13.1. The Morgan fingerprint density at radius 1 is 1.44 bits per heavy atom. The lowest BCUT2D eigenvalue weighted by Gasteiger charge is -2.22. The molecule has 0 aliphatic carbocycles. The van der Waals surface area contributed by atoms with Gasteiger partial charge in [0.05, 0.1) is 6.61 Å². The minimum absolute atomic E-state index is 0.315. The van der Waals surface area contributed by atoms with E-state index < -0.39 is 21.9 Å². The molecular formula is C10H14FNO3S. The highest BCUT2D eigenvalue weighted by molar-refractivity contribution is 7.89. The third-order valence-corrected chi connectivity index (χ3v) is 4.38. The second kappa shape index (κ2) is 4.90. The van der Waals surface area contributed by atoms with Gasteiger partial charge in [-0.15, -0.1) is 0 Å². The summed E-state index contributed by atoms with van der Waals surface area (Å²) >= 11 is 0. The lowest BCUT2D eigenvalue weighted by molar-refractivity contribution is 0.213. The van der Waals surface area contributed by atoms with Crippen LogP contribution in [0.3, 0.4) is 0 Å². The first-order chi connectivity index (χ1) is 7.41. The maximum atomic E-state index is 13.3. The minimum atomic E-state index is -3.88. The molecule has 0 spiro atoms. The van der Waals surface area contributed by atoms with Gasteiger partial charge in [-0.3, -0.25) is 0 Å². The van der Waals surface area contributed by atoms with Gasteiger partial charge in [0, 0.05) is 13.1 Å². The van der Waals surface area contributed by atoms with Crippen molar-refractivity contribution in [1.82, 2.24) is 4.31 Å². The molecule has 4 nitrogen and oxygen atoms in total. The summed E-state index contributed by atoms with van der Waals surface area (Å²) in [6, 6.07) is 4.57. The number of benzene rings is 1. The van der Waals surface area contributed by atoms with Crippen LogP contribution in [0.4, 0.5) is 4.39 Å². The molecule has 1 aromatic rings. The van der Waals surface area contributed by atoms with Gasteiger partial charge in [-0.1, -0.05) is 12.1 Å². The molecule has 0 saturated heterocycles. The van der Waals surface area contributed by atoms with Gasteiger partial charge in [0.2, 0.25) is 10.0 Å². The van der Waals surface area contributed by atoms with E-state index in [4.69, 9.17) is 5.11 Å². The molecule has 1 unspecified atom stereocenters. The third-order valence-electron chi connectivity index (χ3n) is 2.38. The average molecular weight is 247 g/mol. The molecule has 0 heterocycles. The second-order valence-corrected chi connectivity index (χ2v) is 5.45. The number of likely N-dealkylation sites (N-methyl/N-ethyl adjacent to an activating group) is 1. The first-order valence-electron chi connectivity index (χ1n) is 4.74. The average Bonchev–Trinajstić information content (AvgIpc) is 2.27. The molecule has 0 bridgehead atoms. The molecule has 0 aliphatic heterocycles. The number of hydrogen-bond donors (Lipinski definition) is 1. The van der Waals surface area contributed by atoms with Crippen LogP contribution in [-0.2, 0) is 10.0 Å². The summed E-state index contributed by atoms with van der Waals surface area (Å²) < 4.78 is 38.2. The highest BCUT2D eigenvalue weighted by Crippen LogP contribution is 2.19. The zero-order valence-corrected chi connectivity index (χ0v) is 9.91. The van der Waals surface area contributed by atoms with Gasteiger partial charge in [-0.2, -0.15) is 4.31 Å². The van der Waals surface area contributed by atoms with Crippen LogP contribution in [0.2, 0.25) is 0 Å². The van der Waals surface area contributed by atoms with Gasteiger partial charge in [0.1, 0.15) is 10.7 Å². The molecule has 1 atom stereocenters. The molecular weight excluding hydrogens is 233 g/mol. The summed E-state index contributed by atoms with van der Waals surface area (Å²) in [5.41, 5.74) is 0. The summed E-state index contributed by atoms with van der Waals surface area (Å²) in [5.74, 6) is -0.792. The van der Waals surface area contributed by atoms with Crippen molar-refractivity contribution >= 4 is 10.0 Å². The highest BCUT2D eigenvalue weighted by Gasteiger charge is 2.27. The molecule has 0 aromatic heterocycles. The molecule has 1 N–H and O–H groups in total. The van der Waals surface area contributed by atoms with Crippen LogP contribution in [0.25, 0.3) is 0 Å². The fourth-order valence-electron chi connectivity index (χ4n) is 1.16. The van der Waals surface area contributed by atoms with E-state index in [1.807, 2.05) is 0 Å². The molecule has 90 valence electrons. The number of hydrogen-bond acceptors (Lipinski definition) is 3. The van der Waals surface area contributed by atoms with E-state index in [2.05, 4.69) is 0 Å². The van der Waals surface area contributed by atoms with Crippen LogP contribution in [0.5, 0.6) is 0 Å². The molecule has 1 aromatic carbocycles. The summed E-state index contributed by atoms with van der Waals surface area (Å²) in [6.45, 7) is 1.22. The van der Waals surface area contributed by atoms with Crippen molar-refractivity contribution in [2.75, 3.05) is 13.7 Å². The SMILES string of the molecule is CC(CO)N(C)S(=O)(=O)c1ccccc1F. The summed E-state index contributed by atoms with van der Waals surface area (Å²) in [6.07, 6.45) is 0.